The molecule has 5 nitrogen and oxygen atoms in total. The van der Waals surface area contributed by atoms with E-state index in [0.717, 1.165) is 35.6 Å². The van der Waals surface area contributed by atoms with Crippen molar-refractivity contribution in [3.8, 4) is 0 Å². The topological polar surface area (TPSA) is 52.7 Å². The van der Waals surface area contributed by atoms with Crippen molar-refractivity contribution in [2.75, 3.05) is 34.8 Å². The molecule has 3 rings (SSSR count). The molecule has 0 aromatic heterocycles. The minimum atomic E-state index is -0.208. The molecule has 2 aromatic carbocycles. The van der Waals surface area contributed by atoms with Gasteiger partial charge in [-0.2, -0.15) is 0 Å². The summed E-state index contributed by atoms with van der Waals surface area (Å²) in [6.07, 6.45) is 2.44. The molecule has 0 unspecified atom stereocenters. The van der Waals surface area contributed by atoms with Gasteiger partial charge >= 0.3 is 0 Å². The van der Waals surface area contributed by atoms with Crippen molar-refractivity contribution in [1.29, 1.82) is 0 Å². The van der Waals surface area contributed by atoms with Gasteiger partial charge in [-0.05, 0) is 62.6 Å². The van der Waals surface area contributed by atoms with Crippen LogP contribution in [0.15, 0.2) is 42.5 Å². The molecule has 0 bridgehead atoms. The summed E-state index contributed by atoms with van der Waals surface area (Å²) in [6.45, 7) is 7.61. The van der Waals surface area contributed by atoms with Crippen LogP contribution in [-0.2, 0) is 9.59 Å². The van der Waals surface area contributed by atoms with E-state index in [4.69, 9.17) is 0 Å². The SMILES string of the molecule is CC(=O)N(CC(=O)Nc1ccc(C)cc1C)c1ccc(N2CCCC2)cc1. The lowest BCUT2D eigenvalue weighted by molar-refractivity contribution is -0.120. The highest BCUT2D eigenvalue weighted by molar-refractivity contribution is 6.02. The Bertz CT molecular complexity index is 824. The first-order valence-electron chi connectivity index (χ1n) is 9.44. The zero-order valence-electron chi connectivity index (χ0n) is 16.3. The summed E-state index contributed by atoms with van der Waals surface area (Å²) >= 11 is 0. The maximum Gasteiger partial charge on any atom is 0.244 e. The van der Waals surface area contributed by atoms with Crippen LogP contribution in [0, 0.1) is 13.8 Å². The van der Waals surface area contributed by atoms with E-state index in [1.54, 1.807) is 0 Å². The van der Waals surface area contributed by atoms with Gasteiger partial charge in [0, 0.05) is 37.1 Å². The van der Waals surface area contributed by atoms with Gasteiger partial charge in [0.05, 0.1) is 0 Å². The third kappa shape index (κ3) is 4.67. The van der Waals surface area contributed by atoms with Crippen LogP contribution in [0.25, 0.3) is 0 Å². The Kier molecular flexibility index (Phi) is 5.79. The molecular weight excluding hydrogens is 338 g/mol. The molecule has 0 radical (unpaired) electrons. The van der Waals surface area contributed by atoms with E-state index in [-0.39, 0.29) is 18.4 Å². The number of benzene rings is 2. The van der Waals surface area contributed by atoms with Crippen molar-refractivity contribution in [2.24, 2.45) is 0 Å². The van der Waals surface area contributed by atoms with Crippen molar-refractivity contribution < 1.29 is 9.59 Å². The van der Waals surface area contributed by atoms with Gasteiger partial charge in [-0.25, -0.2) is 0 Å². The summed E-state index contributed by atoms with van der Waals surface area (Å²) in [5.41, 5.74) is 4.83. The van der Waals surface area contributed by atoms with Crippen molar-refractivity contribution in [2.45, 2.75) is 33.6 Å². The highest BCUT2D eigenvalue weighted by atomic mass is 16.2. The van der Waals surface area contributed by atoms with Gasteiger partial charge in [-0.15, -0.1) is 0 Å². The number of carbonyl (C=O) groups is 2. The zero-order valence-corrected chi connectivity index (χ0v) is 16.3. The first-order chi connectivity index (χ1) is 12.9. The van der Waals surface area contributed by atoms with Crippen LogP contribution in [0.2, 0.25) is 0 Å². The van der Waals surface area contributed by atoms with Crippen LogP contribution < -0.4 is 15.1 Å². The fourth-order valence-electron chi connectivity index (χ4n) is 3.49. The average molecular weight is 365 g/mol. The number of amides is 2. The summed E-state index contributed by atoms with van der Waals surface area (Å²) in [5, 5.41) is 2.91. The van der Waals surface area contributed by atoms with Crippen molar-refractivity contribution in [3.63, 3.8) is 0 Å². The number of anilines is 3. The Balaban J connectivity index is 1.69. The Labute approximate surface area is 161 Å². The van der Waals surface area contributed by atoms with E-state index < -0.39 is 0 Å². The summed E-state index contributed by atoms with van der Waals surface area (Å²) in [5.74, 6) is -0.361. The molecule has 27 heavy (non-hydrogen) atoms. The average Bonchev–Trinajstić information content (AvgIpc) is 3.17. The molecule has 2 amide bonds. The molecular formula is C22H27N3O2. The van der Waals surface area contributed by atoms with Crippen LogP contribution in [0.1, 0.15) is 30.9 Å². The lowest BCUT2D eigenvalue weighted by Crippen LogP contribution is -2.36. The molecule has 1 N–H and O–H groups in total. The maximum absolute atomic E-state index is 12.5. The number of rotatable bonds is 5. The highest BCUT2D eigenvalue weighted by Crippen LogP contribution is 2.24. The Hall–Kier alpha value is -2.82. The number of carbonyl (C=O) groups excluding carboxylic acids is 2. The molecule has 2 aromatic rings. The fraction of sp³-hybridized carbons (Fsp3) is 0.364. The summed E-state index contributed by atoms with van der Waals surface area (Å²) < 4.78 is 0. The van der Waals surface area contributed by atoms with E-state index in [0.29, 0.717) is 0 Å². The standard InChI is InChI=1S/C22H27N3O2/c1-16-6-11-21(17(2)14-16)23-22(27)15-25(18(3)26)20-9-7-19(8-10-20)24-12-4-5-13-24/h6-11,14H,4-5,12-13,15H2,1-3H3,(H,23,27). The van der Waals surface area contributed by atoms with E-state index in [2.05, 4.69) is 10.2 Å². The summed E-state index contributed by atoms with van der Waals surface area (Å²) in [6, 6.07) is 13.8. The van der Waals surface area contributed by atoms with E-state index in [1.165, 1.54) is 30.4 Å². The number of aryl methyl sites for hydroxylation is 2. The Morgan fingerprint density at radius 3 is 2.30 bits per heavy atom. The lowest BCUT2D eigenvalue weighted by atomic mass is 10.1. The van der Waals surface area contributed by atoms with Crippen LogP contribution in [0.5, 0.6) is 0 Å². The zero-order chi connectivity index (χ0) is 19.4. The Morgan fingerprint density at radius 2 is 1.70 bits per heavy atom. The van der Waals surface area contributed by atoms with Gasteiger partial charge in [0.15, 0.2) is 0 Å². The minimum absolute atomic E-state index is 0.00822. The number of hydrogen-bond acceptors (Lipinski definition) is 3. The molecule has 0 aliphatic carbocycles. The maximum atomic E-state index is 12.5. The van der Waals surface area contributed by atoms with Gasteiger partial charge < -0.3 is 15.1 Å². The number of nitrogens with zero attached hydrogens (tertiary/aromatic N) is 2. The molecule has 1 heterocycles. The van der Waals surface area contributed by atoms with Gasteiger partial charge in [0.1, 0.15) is 6.54 Å². The summed E-state index contributed by atoms with van der Waals surface area (Å²) in [7, 11) is 0. The third-order valence-corrected chi connectivity index (χ3v) is 4.97. The molecule has 0 spiro atoms. The predicted molar refractivity (Wildman–Crippen MR) is 110 cm³/mol. The van der Waals surface area contributed by atoms with Gasteiger partial charge in [0.2, 0.25) is 11.8 Å². The molecule has 0 saturated carbocycles. The molecule has 0 atom stereocenters. The molecule has 1 saturated heterocycles. The smallest absolute Gasteiger partial charge is 0.244 e. The lowest BCUT2D eigenvalue weighted by Gasteiger charge is -2.23. The monoisotopic (exact) mass is 365 g/mol. The predicted octanol–water partition coefficient (Wildman–Crippen LogP) is 3.90. The van der Waals surface area contributed by atoms with E-state index in [1.807, 2.05) is 56.3 Å². The van der Waals surface area contributed by atoms with Crippen molar-refractivity contribution in [3.05, 3.63) is 53.6 Å². The summed E-state index contributed by atoms with van der Waals surface area (Å²) in [4.78, 5) is 28.5. The minimum Gasteiger partial charge on any atom is -0.372 e. The molecule has 5 heteroatoms. The van der Waals surface area contributed by atoms with Crippen molar-refractivity contribution >= 4 is 28.9 Å². The van der Waals surface area contributed by atoms with Crippen LogP contribution in [0.4, 0.5) is 17.1 Å². The highest BCUT2D eigenvalue weighted by Gasteiger charge is 2.18. The number of nitrogens with one attached hydrogen (secondary N) is 1. The van der Waals surface area contributed by atoms with Gasteiger partial charge in [-0.3, -0.25) is 9.59 Å². The van der Waals surface area contributed by atoms with Crippen LogP contribution >= 0.6 is 0 Å². The van der Waals surface area contributed by atoms with E-state index >= 15 is 0 Å². The number of hydrogen-bond donors (Lipinski definition) is 1. The van der Waals surface area contributed by atoms with Gasteiger partial charge in [-0.1, -0.05) is 17.7 Å². The first-order valence-corrected chi connectivity index (χ1v) is 9.44. The Morgan fingerprint density at radius 1 is 1.04 bits per heavy atom. The second-order valence-electron chi connectivity index (χ2n) is 7.18. The first kappa shape index (κ1) is 19.0. The quantitative estimate of drug-likeness (QED) is 0.874. The van der Waals surface area contributed by atoms with Crippen LogP contribution in [-0.4, -0.2) is 31.4 Å². The van der Waals surface area contributed by atoms with Crippen molar-refractivity contribution in [1.82, 2.24) is 0 Å². The second kappa shape index (κ2) is 8.25. The van der Waals surface area contributed by atoms with Gasteiger partial charge in [0.25, 0.3) is 0 Å². The second-order valence-corrected chi connectivity index (χ2v) is 7.18. The molecule has 1 aliphatic heterocycles. The fourth-order valence-corrected chi connectivity index (χ4v) is 3.49. The largest absolute Gasteiger partial charge is 0.372 e. The normalized spacial score (nSPS) is 13.5. The molecule has 1 fully saturated rings. The van der Waals surface area contributed by atoms with E-state index in [9.17, 15) is 9.59 Å². The van der Waals surface area contributed by atoms with Crippen LogP contribution in [0.3, 0.4) is 0 Å². The molecule has 142 valence electrons. The molecule has 1 aliphatic rings. The third-order valence-electron chi connectivity index (χ3n) is 4.97.